The maximum Gasteiger partial charge on any atom is 0.236 e. The molecule has 158 valence electrons. The fraction of sp³-hybridized carbons (Fsp3) is 0.421. The van der Waals surface area contributed by atoms with Crippen molar-refractivity contribution in [2.75, 3.05) is 25.3 Å². The van der Waals surface area contributed by atoms with E-state index in [1.807, 2.05) is 22.2 Å². The predicted octanol–water partition coefficient (Wildman–Crippen LogP) is 3.66. The van der Waals surface area contributed by atoms with Crippen molar-refractivity contribution in [2.45, 2.75) is 36.9 Å². The van der Waals surface area contributed by atoms with Crippen molar-refractivity contribution in [2.24, 2.45) is 0 Å². The molecule has 1 amide bonds. The second-order valence-corrected chi connectivity index (χ2v) is 8.59. The highest BCUT2D eigenvalue weighted by molar-refractivity contribution is 7.99. The minimum absolute atomic E-state index is 0.149. The first-order valence-corrected chi connectivity index (χ1v) is 11.4. The van der Waals surface area contributed by atoms with E-state index in [9.17, 15) is 4.79 Å². The Bertz CT molecular complexity index is 1020. The molecule has 0 saturated heterocycles. The molecule has 0 aliphatic heterocycles. The summed E-state index contributed by atoms with van der Waals surface area (Å²) in [4.78, 5) is 16.9. The highest BCUT2D eigenvalue weighted by atomic mass is 32.2. The van der Waals surface area contributed by atoms with Crippen molar-refractivity contribution in [3.8, 4) is 22.8 Å². The van der Waals surface area contributed by atoms with Crippen LogP contribution in [0.5, 0.6) is 11.5 Å². The summed E-state index contributed by atoms with van der Waals surface area (Å²) in [5.41, 5.74) is 1.56. The van der Waals surface area contributed by atoms with Crippen LogP contribution < -0.4 is 14.8 Å². The molecule has 30 heavy (non-hydrogen) atoms. The molecule has 1 fully saturated rings. The van der Waals surface area contributed by atoms with Crippen LogP contribution in [0.1, 0.15) is 31.7 Å². The number of nitrogens with zero attached hydrogens (tertiary/aromatic N) is 5. The second-order valence-electron chi connectivity index (χ2n) is 6.79. The molecule has 0 spiro atoms. The Balaban J connectivity index is 1.37. The number of amides is 1. The number of hydrogen-bond acceptors (Lipinski definition) is 9. The highest BCUT2D eigenvalue weighted by Gasteiger charge is 2.22. The van der Waals surface area contributed by atoms with Crippen molar-refractivity contribution in [1.82, 2.24) is 25.2 Å². The first kappa shape index (κ1) is 20.6. The van der Waals surface area contributed by atoms with E-state index in [1.54, 1.807) is 20.3 Å². The number of methoxy groups -OCH3 is 2. The SMILES string of the molecule is COc1ccc(-c2csc(NC(=O)CSc3nnnn3C3CCCC3)n2)c(OC)c1. The molecule has 1 aromatic carbocycles. The van der Waals surface area contributed by atoms with E-state index in [2.05, 4.69) is 25.8 Å². The molecule has 11 heteroatoms. The van der Waals surface area contributed by atoms with Crippen LogP contribution in [-0.2, 0) is 4.79 Å². The number of thioether (sulfide) groups is 1. The maximum atomic E-state index is 12.4. The number of anilines is 1. The number of nitrogens with one attached hydrogen (secondary N) is 1. The van der Waals surface area contributed by atoms with Crippen LogP contribution in [0.15, 0.2) is 28.7 Å². The molecule has 3 aromatic rings. The van der Waals surface area contributed by atoms with Crippen LogP contribution in [0.3, 0.4) is 0 Å². The van der Waals surface area contributed by atoms with E-state index < -0.39 is 0 Å². The summed E-state index contributed by atoms with van der Waals surface area (Å²) in [6.45, 7) is 0. The van der Waals surface area contributed by atoms with Gasteiger partial charge >= 0.3 is 0 Å². The molecular formula is C19H22N6O3S2. The number of thiazole rings is 1. The zero-order valence-corrected chi connectivity index (χ0v) is 18.3. The van der Waals surface area contributed by atoms with Crippen molar-refractivity contribution >= 4 is 34.1 Å². The average Bonchev–Trinajstić information content (AvgIpc) is 3.53. The molecule has 2 aromatic heterocycles. The zero-order valence-electron chi connectivity index (χ0n) is 16.7. The summed E-state index contributed by atoms with van der Waals surface area (Å²) in [6.07, 6.45) is 4.56. The molecule has 0 atom stereocenters. The van der Waals surface area contributed by atoms with E-state index in [-0.39, 0.29) is 11.7 Å². The van der Waals surface area contributed by atoms with Gasteiger partial charge in [0, 0.05) is 17.0 Å². The Labute approximate surface area is 182 Å². The van der Waals surface area contributed by atoms with Crippen LogP contribution in [-0.4, -0.2) is 51.1 Å². The predicted molar refractivity (Wildman–Crippen MR) is 115 cm³/mol. The van der Waals surface area contributed by atoms with Crippen molar-refractivity contribution in [1.29, 1.82) is 0 Å². The van der Waals surface area contributed by atoms with Gasteiger partial charge in [0.1, 0.15) is 11.5 Å². The quantitative estimate of drug-likeness (QED) is 0.523. The third kappa shape index (κ3) is 4.57. The fourth-order valence-corrected chi connectivity index (χ4v) is 4.88. The second kappa shape index (κ2) is 9.43. The molecule has 1 N–H and O–H groups in total. The lowest BCUT2D eigenvalue weighted by Crippen LogP contribution is -2.15. The Morgan fingerprint density at radius 2 is 2.13 bits per heavy atom. The molecule has 0 radical (unpaired) electrons. The number of benzene rings is 1. The molecule has 1 saturated carbocycles. The molecule has 1 aliphatic rings. The number of carbonyl (C=O) groups excluding carboxylic acids is 1. The molecule has 4 rings (SSSR count). The van der Waals surface area contributed by atoms with E-state index in [4.69, 9.17) is 9.47 Å². The van der Waals surface area contributed by atoms with Gasteiger partial charge < -0.3 is 14.8 Å². The lowest BCUT2D eigenvalue weighted by atomic mass is 10.1. The summed E-state index contributed by atoms with van der Waals surface area (Å²) >= 11 is 2.70. The molecule has 0 unspecified atom stereocenters. The lowest BCUT2D eigenvalue weighted by molar-refractivity contribution is -0.113. The number of hydrogen-bond donors (Lipinski definition) is 1. The Kier molecular flexibility index (Phi) is 6.48. The number of ether oxygens (including phenoxy) is 2. The van der Waals surface area contributed by atoms with Gasteiger partial charge in [0.25, 0.3) is 0 Å². The van der Waals surface area contributed by atoms with E-state index in [1.165, 1.54) is 35.9 Å². The van der Waals surface area contributed by atoms with E-state index in [0.29, 0.717) is 27.8 Å². The highest BCUT2D eigenvalue weighted by Crippen LogP contribution is 2.35. The van der Waals surface area contributed by atoms with Crippen molar-refractivity contribution in [3.63, 3.8) is 0 Å². The Hall–Kier alpha value is -2.66. The molecule has 2 heterocycles. The molecular weight excluding hydrogens is 424 g/mol. The van der Waals surface area contributed by atoms with Gasteiger partial charge in [0.2, 0.25) is 11.1 Å². The molecule has 0 bridgehead atoms. The summed E-state index contributed by atoms with van der Waals surface area (Å²) in [7, 11) is 3.21. The average molecular weight is 447 g/mol. The summed E-state index contributed by atoms with van der Waals surface area (Å²) in [5.74, 6) is 1.43. The van der Waals surface area contributed by atoms with Crippen LogP contribution >= 0.6 is 23.1 Å². The normalized spacial score (nSPS) is 14.1. The third-order valence-electron chi connectivity index (χ3n) is 4.90. The minimum Gasteiger partial charge on any atom is -0.497 e. The van der Waals surface area contributed by atoms with Crippen LogP contribution in [0.2, 0.25) is 0 Å². The molecule has 9 nitrogen and oxygen atoms in total. The van der Waals surface area contributed by atoms with E-state index >= 15 is 0 Å². The summed E-state index contributed by atoms with van der Waals surface area (Å²) < 4.78 is 12.5. The van der Waals surface area contributed by atoms with Crippen molar-refractivity contribution in [3.05, 3.63) is 23.6 Å². The standard InChI is InChI=1S/C19H22N6O3S2/c1-27-13-7-8-14(16(9-13)28-2)15-10-29-18(20-15)21-17(26)11-30-19-22-23-24-25(19)12-5-3-4-6-12/h7-10,12H,3-6,11H2,1-2H3,(H,20,21,26). The van der Waals surface area contributed by atoms with E-state index in [0.717, 1.165) is 24.1 Å². The Morgan fingerprint density at radius 3 is 2.90 bits per heavy atom. The fourth-order valence-electron chi connectivity index (χ4n) is 3.41. The van der Waals surface area contributed by atoms with Gasteiger partial charge in [-0.1, -0.05) is 24.6 Å². The van der Waals surface area contributed by atoms with Gasteiger partial charge in [-0.05, 0) is 35.4 Å². The van der Waals surface area contributed by atoms with Gasteiger partial charge in [-0.25, -0.2) is 9.67 Å². The first-order valence-electron chi connectivity index (χ1n) is 9.56. The molecule has 1 aliphatic carbocycles. The van der Waals surface area contributed by atoms with Crippen LogP contribution in [0.4, 0.5) is 5.13 Å². The lowest BCUT2D eigenvalue weighted by Gasteiger charge is -2.10. The topological polar surface area (TPSA) is 104 Å². The number of carbonyl (C=O) groups is 1. The van der Waals surface area contributed by atoms with Gasteiger partial charge in [-0.2, -0.15) is 0 Å². The maximum absolute atomic E-state index is 12.4. The van der Waals surface area contributed by atoms with Crippen molar-refractivity contribution < 1.29 is 14.3 Å². The van der Waals surface area contributed by atoms with Crippen LogP contribution in [0, 0.1) is 0 Å². The monoisotopic (exact) mass is 446 g/mol. The zero-order chi connectivity index (χ0) is 20.9. The van der Waals surface area contributed by atoms with Crippen LogP contribution in [0.25, 0.3) is 11.3 Å². The minimum atomic E-state index is -0.149. The largest absolute Gasteiger partial charge is 0.497 e. The number of tetrazole rings is 1. The number of aromatic nitrogens is 5. The van der Waals surface area contributed by atoms with Gasteiger partial charge in [-0.3, -0.25) is 4.79 Å². The summed E-state index contributed by atoms with van der Waals surface area (Å²) in [5, 5.41) is 17.9. The first-order chi connectivity index (χ1) is 14.7. The van der Waals surface area contributed by atoms with Gasteiger partial charge in [-0.15, -0.1) is 16.4 Å². The number of rotatable bonds is 8. The Morgan fingerprint density at radius 1 is 1.30 bits per heavy atom. The summed E-state index contributed by atoms with van der Waals surface area (Å²) in [6, 6.07) is 5.88. The van der Waals surface area contributed by atoms with Gasteiger partial charge in [0.05, 0.1) is 31.7 Å². The smallest absolute Gasteiger partial charge is 0.236 e. The van der Waals surface area contributed by atoms with Gasteiger partial charge in [0.15, 0.2) is 5.13 Å². The third-order valence-corrected chi connectivity index (χ3v) is 6.59.